The van der Waals surface area contributed by atoms with Crippen LogP contribution in [0.2, 0.25) is 10.0 Å². The molecule has 166 valence electrons. The second kappa shape index (κ2) is 10.2. The van der Waals surface area contributed by atoms with Gasteiger partial charge in [0, 0.05) is 36.2 Å². The Balaban J connectivity index is 1.35. The van der Waals surface area contributed by atoms with Gasteiger partial charge in [-0.2, -0.15) is 0 Å². The molecule has 0 saturated carbocycles. The molecule has 0 radical (unpaired) electrons. The number of nitrogens with zero attached hydrogens (tertiary/aromatic N) is 1. The van der Waals surface area contributed by atoms with E-state index in [2.05, 4.69) is 15.3 Å². The van der Waals surface area contributed by atoms with Crippen LogP contribution in [0.5, 0.6) is 11.5 Å². The molecule has 0 amide bonds. The van der Waals surface area contributed by atoms with E-state index in [1.54, 1.807) is 19.2 Å². The molecule has 5 nitrogen and oxygen atoms in total. The van der Waals surface area contributed by atoms with Crippen molar-refractivity contribution < 1.29 is 13.9 Å². The van der Waals surface area contributed by atoms with E-state index < -0.39 is 5.82 Å². The summed E-state index contributed by atoms with van der Waals surface area (Å²) >= 11 is 12.5. The summed E-state index contributed by atoms with van der Waals surface area (Å²) in [5, 5.41) is 4.25. The van der Waals surface area contributed by atoms with Crippen LogP contribution >= 0.6 is 23.2 Å². The summed E-state index contributed by atoms with van der Waals surface area (Å²) < 4.78 is 24.5. The molecule has 0 aliphatic heterocycles. The molecule has 0 aliphatic carbocycles. The molecule has 4 aromatic rings. The van der Waals surface area contributed by atoms with E-state index in [0.29, 0.717) is 33.7 Å². The molecule has 0 fully saturated rings. The number of benzene rings is 3. The van der Waals surface area contributed by atoms with Gasteiger partial charge in [0.25, 0.3) is 0 Å². The fraction of sp³-hybridized carbons (Fsp3) is 0.208. The molecule has 0 spiro atoms. The van der Waals surface area contributed by atoms with Gasteiger partial charge in [-0.3, -0.25) is 0 Å². The highest BCUT2D eigenvalue weighted by molar-refractivity contribution is 6.31. The fourth-order valence-electron chi connectivity index (χ4n) is 3.33. The lowest BCUT2D eigenvalue weighted by Crippen LogP contribution is -2.17. The van der Waals surface area contributed by atoms with Crippen LogP contribution in [0.3, 0.4) is 0 Å². The van der Waals surface area contributed by atoms with E-state index in [1.165, 1.54) is 12.1 Å². The first-order valence-electron chi connectivity index (χ1n) is 10.1. The monoisotopic (exact) mass is 473 g/mol. The number of para-hydroxylation sites is 2. The van der Waals surface area contributed by atoms with Crippen LogP contribution in [-0.4, -0.2) is 23.6 Å². The van der Waals surface area contributed by atoms with Gasteiger partial charge in [0.05, 0.1) is 23.2 Å². The topological polar surface area (TPSA) is 59.2 Å². The van der Waals surface area contributed by atoms with Gasteiger partial charge in [-0.15, -0.1) is 0 Å². The number of hydrogen-bond donors (Lipinski definition) is 2. The number of halogens is 3. The Morgan fingerprint density at radius 3 is 2.59 bits per heavy atom. The Hall–Kier alpha value is -2.80. The maximum Gasteiger partial charge on any atom is 0.163 e. The highest BCUT2D eigenvalue weighted by Gasteiger charge is 2.12. The smallest absolute Gasteiger partial charge is 0.163 e. The molecule has 0 unspecified atom stereocenters. The zero-order valence-corrected chi connectivity index (χ0v) is 18.9. The van der Waals surface area contributed by atoms with Crippen LogP contribution in [0, 0.1) is 5.82 Å². The Kier molecular flexibility index (Phi) is 7.15. The Labute approximate surface area is 195 Å². The average molecular weight is 474 g/mol. The van der Waals surface area contributed by atoms with Crippen molar-refractivity contribution in [1.29, 1.82) is 0 Å². The van der Waals surface area contributed by atoms with E-state index in [9.17, 15) is 4.39 Å². The molecule has 4 rings (SSSR count). The first-order chi connectivity index (χ1) is 15.5. The van der Waals surface area contributed by atoms with Crippen LogP contribution in [0.4, 0.5) is 4.39 Å². The summed E-state index contributed by atoms with van der Waals surface area (Å²) in [4.78, 5) is 7.90. The molecule has 0 aliphatic rings. The lowest BCUT2D eigenvalue weighted by atomic mass is 10.2. The van der Waals surface area contributed by atoms with Gasteiger partial charge in [-0.1, -0.05) is 41.4 Å². The number of ether oxygens (including phenoxy) is 2. The van der Waals surface area contributed by atoms with Gasteiger partial charge in [0.15, 0.2) is 11.5 Å². The van der Waals surface area contributed by atoms with E-state index >= 15 is 0 Å². The maximum absolute atomic E-state index is 13.2. The molecule has 8 heteroatoms. The van der Waals surface area contributed by atoms with Gasteiger partial charge in [-0.25, -0.2) is 9.37 Å². The maximum atomic E-state index is 13.2. The largest absolute Gasteiger partial charge is 0.493 e. The summed E-state index contributed by atoms with van der Waals surface area (Å²) in [6.45, 7) is 1.47. The molecule has 32 heavy (non-hydrogen) atoms. The summed E-state index contributed by atoms with van der Waals surface area (Å²) in [5.74, 6) is 1.59. The van der Waals surface area contributed by atoms with E-state index in [4.69, 9.17) is 32.7 Å². The van der Waals surface area contributed by atoms with Crippen molar-refractivity contribution >= 4 is 34.2 Å². The number of H-pyrrole nitrogens is 1. The molecule has 0 bridgehead atoms. The molecule has 3 aromatic carbocycles. The Bertz CT molecular complexity index is 1200. The lowest BCUT2D eigenvalue weighted by molar-refractivity contribution is 0.284. The number of methoxy groups -OCH3 is 1. The molecule has 2 N–H and O–H groups in total. The highest BCUT2D eigenvalue weighted by Crippen LogP contribution is 2.34. The molecular weight excluding hydrogens is 452 g/mol. The number of aromatic amines is 1. The summed E-state index contributed by atoms with van der Waals surface area (Å²) in [6, 6.07) is 15.7. The van der Waals surface area contributed by atoms with E-state index in [1.807, 2.05) is 30.3 Å². The van der Waals surface area contributed by atoms with Crippen molar-refractivity contribution in [3.8, 4) is 11.5 Å². The second-order valence-corrected chi connectivity index (χ2v) is 8.06. The van der Waals surface area contributed by atoms with Crippen molar-refractivity contribution in [3.05, 3.63) is 87.4 Å². The lowest BCUT2D eigenvalue weighted by Gasteiger charge is -2.15. The SMILES string of the molecule is COc1cc(CNCCc2nc3ccccc3[nH]2)c(Cl)cc1OCc1ccc(F)cc1Cl. The number of fused-ring (bicyclic) bond motifs is 1. The van der Waals surface area contributed by atoms with Gasteiger partial charge in [0.1, 0.15) is 18.2 Å². The first kappa shape index (κ1) is 22.4. The summed E-state index contributed by atoms with van der Waals surface area (Å²) in [6.07, 6.45) is 0.767. The average Bonchev–Trinajstić information content (AvgIpc) is 3.20. The summed E-state index contributed by atoms with van der Waals surface area (Å²) in [5.41, 5.74) is 3.56. The minimum atomic E-state index is -0.392. The number of aromatic nitrogens is 2. The van der Waals surface area contributed by atoms with Crippen molar-refractivity contribution in [1.82, 2.24) is 15.3 Å². The normalized spacial score (nSPS) is 11.1. The van der Waals surface area contributed by atoms with Gasteiger partial charge >= 0.3 is 0 Å². The van der Waals surface area contributed by atoms with E-state index in [0.717, 1.165) is 35.4 Å². The predicted octanol–water partition coefficient (Wildman–Crippen LogP) is 5.93. The van der Waals surface area contributed by atoms with Crippen molar-refractivity contribution in [2.24, 2.45) is 0 Å². The predicted molar refractivity (Wildman–Crippen MR) is 125 cm³/mol. The van der Waals surface area contributed by atoms with Gasteiger partial charge < -0.3 is 19.8 Å². The van der Waals surface area contributed by atoms with Crippen molar-refractivity contribution in [2.75, 3.05) is 13.7 Å². The number of imidazole rings is 1. The van der Waals surface area contributed by atoms with Crippen LogP contribution < -0.4 is 14.8 Å². The molecule has 0 saturated heterocycles. The van der Waals surface area contributed by atoms with E-state index in [-0.39, 0.29) is 6.61 Å². The molecule has 1 aromatic heterocycles. The minimum Gasteiger partial charge on any atom is -0.493 e. The fourth-order valence-corrected chi connectivity index (χ4v) is 3.78. The van der Waals surface area contributed by atoms with Crippen molar-refractivity contribution in [3.63, 3.8) is 0 Å². The zero-order valence-electron chi connectivity index (χ0n) is 17.4. The third kappa shape index (κ3) is 5.33. The number of rotatable bonds is 9. The zero-order chi connectivity index (χ0) is 22.5. The molecule has 1 heterocycles. The Morgan fingerprint density at radius 1 is 1.00 bits per heavy atom. The molecule has 0 atom stereocenters. The van der Waals surface area contributed by atoms with Crippen LogP contribution in [0.25, 0.3) is 11.0 Å². The van der Waals surface area contributed by atoms with Gasteiger partial charge in [0.2, 0.25) is 0 Å². The highest BCUT2D eigenvalue weighted by atomic mass is 35.5. The quantitative estimate of drug-likeness (QED) is 0.296. The second-order valence-electron chi connectivity index (χ2n) is 7.25. The summed E-state index contributed by atoms with van der Waals surface area (Å²) in [7, 11) is 1.57. The standard InChI is InChI=1S/C24H22Cl2FN3O2/c1-31-22-10-16(13-28-9-8-24-29-20-4-2-3-5-21(20)30-24)19(26)12-23(22)32-14-15-6-7-17(27)11-18(15)25/h2-7,10-12,28H,8-9,13-14H2,1H3,(H,29,30). The number of hydrogen-bond acceptors (Lipinski definition) is 4. The van der Waals surface area contributed by atoms with Crippen LogP contribution in [0.1, 0.15) is 17.0 Å². The van der Waals surface area contributed by atoms with Gasteiger partial charge in [-0.05, 0) is 35.9 Å². The Morgan fingerprint density at radius 2 is 1.81 bits per heavy atom. The third-order valence-electron chi connectivity index (χ3n) is 5.02. The number of nitrogens with one attached hydrogen (secondary N) is 2. The first-order valence-corrected chi connectivity index (χ1v) is 10.9. The minimum absolute atomic E-state index is 0.168. The van der Waals surface area contributed by atoms with Crippen LogP contribution in [-0.2, 0) is 19.6 Å². The van der Waals surface area contributed by atoms with Crippen molar-refractivity contribution in [2.45, 2.75) is 19.6 Å². The molecular formula is C24H22Cl2FN3O2. The third-order valence-corrected chi connectivity index (χ3v) is 5.73. The van der Waals surface area contributed by atoms with Crippen LogP contribution in [0.15, 0.2) is 54.6 Å².